The first kappa shape index (κ1) is 13.8. The standard InChI is InChI=1S/C14H20N4OS/c1-8-9(2)15-13-16-14(17-18(13)10(8)3)20-12-7-5-4-6-11(12)19/h11-12,19H,4-7H2,1-3H3. The molecular formula is C14H20N4OS. The van der Waals surface area contributed by atoms with E-state index in [-0.39, 0.29) is 11.4 Å². The number of nitrogens with zero attached hydrogens (tertiary/aromatic N) is 4. The van der Waals surface area contributed by atoms with Crippen LogP contribution in [0.25, 0.3) is 5.78 Å². The van der Waals surface area contributed by atoms with E-state index < -0.39 is 0 Å². The maximum atomic E-state index is 10.0. The van der Waals surface area contributed by atoms with Gasteiger partial charge in [-0.3, -0.25) is 0 Å². The molecule has 20 heavy (non-hydrogen) atoms. The quantitative estimate of drug-likeness (QED) is 0.921. The molecule has 1 fully saturated rings. The van der Waals surface area contributed by atoms with Gasteiger partial charge in [-0.05, 0) is 39.2 Å². The Hall–Kier alpha value is -1.14. The summed E-state index contributed by atoms with van der Waals surface area (Å²) < 4.78 is 1.81. The van der Waals surface area contributed by atoms with Gasteiger partial charge in [-0.1, -0.05) is 24.6 Å². The van der Waals surface area contributed by atoms with Crippen LogP contribution in [0.5, 0.6) is 0 Å². The molecule has 5 nitrogen and oxygen atoms in total. The lowest BCUT2D eigenvalue weighted by Crippen LogP contribution is -2.26. The minimum Gasteiger partial charge on any atom is -0.392 e. The van der Waals surface area contributed by atoms with Crippen molar-refractivity contribution in [3.05, 3.63) is 17.0 Å². The molecule has 1 saturated carbocycles. The summed E-state index contributed by atoms with van der Waals surface area (Å²) >= 11 is 1.59. The normalized spacial score (nSPS) is 23.4. The molecule has 0 bridgehead atoms. The Bertz CT molecular complexity index is 640. The van der Waals surface area contributed by atoms with Gasteiger partial charge in [-0.25, -0.2) is 9.50 Å². The number of hydrogen-bond donors (Lipinski definition) is 1. The van der Waals surface area contributed by atoms with E-state index in [9.17, 15) is 5.11 Å². The molecule has 3 rings (SSSR count). The van der Waals surface area contributed by atoms with Gasteiger partial charge in [0.2, 0.25) is 5.16 Å². The first-order valence-electron chi connectivity index (χ1n) is 7.11. The van der Waals surface area contributed by atoms with E-state index in [4.69, 9.17) is 0 Å². The van der Waals surface area contributed by atoms with Crippen molar-refractivity contribution in [3.63, 3.8) is 0 Å². The predicted molar refractivity (Wildman–Crippen MR) is 79.1 cm³/mol. The average molecular weight is 292 g/mol. The van der Waals surface area contributed by atoms with Gasteiger partial charge in [0.05, 0.1) is 6.10 Å². The van der Waals surface area contributed by atoms with E-state index in [2.05, 4.69) is 22.0 Å². The molecule has 1 aliphatic carbocycles. The van der Waals surface area contributed by atoms with Crippen molar-refractivity contribution in [2.45, 2.75) is 63.0 Å². The van der Waals surface area contributed by atoms with Gasteiger partial charge in [-0.2, -0.15) is 4.98 Å². The molecule has 2 heterocycles. The van der Waals surface area contributed by atoms with E-state index in [0.29, 0.717) is 5.78 Å². The van der Waals surface area contributed by atoms with Crippen molar-refractivity contribution in [1.29, 1.82) is 0 Å². The average Bonchev–Trinajstić information content (AvgIpc) is 2.82. The third kappa shape index (κ3) is 2.42. The van der Waals surface area contributed by atoms with Gasteiger partial charge >= 0.3 is 0 Å². The lowest BCUT2D eigenvalue weighted by Gasteiger charge is -2.25. The Labute approximate surface area is 122 Å². The minimum atomic E-state index is -0.238. The van der Waals surface area contributed by atoms with E-state index >= 15 is 0 Å². The van der Waals surface area contributed by atoms with Crippen LogP contribution in [0.3, 0.4) is 0 Å². The van der Waals surface area contributed by atoms with Crippen molar-refractivity contribution in [2.75, 3.05) is 0 Å². The number of rotatable bonds is 2. The Kier molecular flexibility index (Phi) is 3.69. The van der Waals surface area contributed by atoms with E-state index in [1.165, 1.54) is 6.42 Å². The molecule has 0 radical (unpaired) electrons. The third-order valence-corrected chi connectivity index (χ3v) is 5.40. The fourth-order valence-corrected chi connectivity index (χ4v) is 3.75. The highest BCUT2D eigenvalue weighted by Gasteiger charge is 2.25. The van der Waals surface area contributed by atoms with Crippen LogP contribution in [0.4, 0.5) is 0 Å². The van der Waals surface area contributed by atoms with Crippen LogP contribution in [-0.2, 0) is 0 Å². The van der Waals surface area contributed by atoms with Crippen molar-refractivity contribution in [3.8, 4) is 0 Å². The number of thioether (sulfide) groups is 1. The Morgan fingerprint density at radius 1 is 1.15 bits per heavy atom. The highest BCUT2D eigenvalue weighted by atomic mass is 32.2. The summed E-state index contributed by atoms with van der Waals surface area (Å²) in [6, 6.07) is 0. The summed E-state index contributed by atoms with van der Waals surface area (Å²) in [7, 11) is 0. The summed E-state index contributed by atoms with van der Waals surface area (Å²) in [6.45, 7) is 6.08. The van der Waals surface area contributed by atoms with Crippen molar-refractivity contribution in [2.24, 2.45) is 0 Å². The molecule has 1 N–H and O–H groups in total. The number of aliphatic hydroxyl groups excluding tert-OH is 1. The Balaban J connectivity index is 1.91. The second kappa shape index (κ2) is 5.33. The first-order valence-corrected chi connectivity index (χ1v) is 7.99. The van der Waals surface area contributed by atoms with E-state index in [0.717, 1.165) is 41.4 Å². The van der Waals surface area contributed by atoms with Gasteiger partial charge in [0.15, 0.2) is 0 Å². The SMILES string of the molecule is Cc1nc2nc(SC3CCCCC3O)nn2c(C)c1C. The van der Waals surface area contributed by atoms with Gasteiger partial charge in [-0.15, -0.1) is 5.10 Å². The zero-order valence-corrected chi connectivity index (χ0v) is 12.9. The van der Waals surface area contributed by atoms with Crippen LogP contribution in [0.1, 0.15) is 42.6 Å². The van der Waals surface area contributed by atoms with Gasteiger partial charge < -0.3 is 5.11 Å². The van der Waals surface area contributed by atoms with Gasteiger partial charge in [0.1, 0.15) is 0 Å². The number of hydrogen-bond acceptors (Lipinski definition) is 5. The smallest absolute Gasteiger partial charge is 0.253 e. The summed E-state index contributed by atoms with van der Waals surface area (Å²) in [4.78, 5) is 8.98. The molecule has 2 unspecified atom stereocenters. The van der Waals surface area contributed by atoms with E-state index in [1.807, 2.05) is 13.8 Å². The molecule has 0 spiro atoms. The van der Waals surface area contributed by atoms with Gasteiger partial charge in [0, 0.05) is 16.6 Å². The monoisotopic (exact) mass is 292 g/mol. The zero-order valence-electron chi connectivity index (χ0n) is 12.1. The topological polar surface area (TPSA) is 63.3 Å². The van der Waals surface area contributed by atoms with Crippen LogP contribution in [0.15, 0.2) is 5.16 Å². The lowest BCUT2D eigenvalue weighted by atomic mass is 9.97. The summed E-state index contributed by atoms with van der Waals surface area (Å²) in [6.07, 6.45) is 3.98. The van der Waals surface area contributed by atoms with Crippen LogP contribution < -0.4 is 0 Å². The largest absolute Gasteiger partial charge is 0.392 e. The number of aliphatic hydroxyl groups is 1. The second-order valence-corrected chi connectivity index (χ2v) is 6.73. The Morgan fingerprint density at radius 3 is 2.65 bits per heavy atom. The van der Waals surface area contributed by atoms with Crippen molar-refractivity contribution < 1.29 is 5.11 Å². The van der Waals surface area contributed by atoms with Crippen LogP contribution in [-0.4, -0.2) is 36.0 Å². The molecule has 0 aromatic carbocycles. The summed E-state index contributed by atoms with van der Waals surface area (Å²) in [5.74, 6) is 0.651. The zero-order chi connectivity index (χ0) is 14.3. The highest BCUT2D eigenvalue weighted by Crippen LogP contribution is 2.32. The molecule has 0 amide bonds. The molecule has 2 atom stereocenters. The number of aromatic nitrogens is 4. The van der Waals surface area contributed by atoms with Crippen molar-refractivity contribution >= 4 is 17.5 Å². The van der Waals surface area contributed by atoms with Crippen molar-refractivity contribution in [1.82, 2.24) is 19.6 Å². The third-order valence-electron chi connectivity index (χ3n) is 4.17. The van der Waals surface area contributed by atoms with E-state index in [1.54, 1.807) is 16.3 Å². The predicted octanol–water partition coefficient (Wildman–Crippen LogP) is 2.45. The number of aryl methyl sites for hydroxylation is 2. The van der Waals surface area contributed by atoms with Crippen LogP contribution in [0.2, 0.25) is 0 Å². The second-order valence-electron chi connectivity index (χ2n) is 5.52. The summed E-state index contributed by atoms with van der Waals surface area (Å²) in [5.41, 5.74) is 3.23. The molecule has 1 aliphatic rings. The fraction of sp³-hybridized carbons (Fsp3) is 0.643. The Morgan fingerprint density at radius 2 is 1.90 bits per heavy atom. The molecular weight excluding hydrogens is 272 g/mol. The molecule has 2 aromatic rings. The summed E-state index contributed by atoms with van der Waals surface area (Å²) in [5, 5.41) is 15.5. The lowest BCUT2D eigenvalue weighted by molar-refractivity contribution is 0.137. The maximum absolute atomic E-state index is 10.0. The first-order chi connectivity index (χ1) is 9.56. The minimum absolute atomic E-state index is 0.212. The fourth-order valence-electron chi connectivity index (χ4n) is 2.64. The molecule has 108 valence electrons. The molecule has 6 heteroatoms. The highest BCUT2D eigenvalue weighted by molar-refractivity contribution is 7.99. The number of fused-ring (bicyclic) bond motifs is 1. The maximum Gasteiger partial charge on any atom is 0.253 e. The molecule has 0 saturated heterocycles. The van der Waals surface area contributed by atoms with Crippen LogP contribution in [0, 0.1) is 20.8 Å². The molecule has 0 aliphatic heterocycles. The van der Waals surface area contributed by atoms with Gasteiger partial charge in [0.25, 0.3) is 5.78 Å². The van der Waals surface area contributed by atoms with Crippen LogP contribution >= 0.6 is 11.8 Å². The molecule has 2 aromatic heterocycles.